The fourth-order valence-corrected chi connectivity index (χ4v) is 3.27. The summed E-state index contributed by atoms with van der Waals surface area (Å²) in [6, 6.07) is 8.51. The lowest BCUT2D eigenvalue weighted by atomic mass is 10.2. The number of nitrogens with two attached hydrogens (primary N) is 1. The molecular weight excluding hydrogens is 414 g/mol. The molecule has 0 bridgehead atoms. The summed E-state index contributed by atoms with van der Waals surface area (Å²) in [5.41, 5.74) is 8.27. The average Bonchev–Trinajstić information content (AvgIpc) is 2.74. The number of anilines is 2. The highest BCUT2D eigenvalue weighted by molar-refractivity contribution is 6.35. The summed E-state index contributed by atoms with van der Waals surface area (Å²) in [5, 5.41) is 3.91. The number of aromatic amines is 1. The first-order valence-corrected chi connectivity index (χ1v) is 9.81. The minimum Gasteiger partial charge on any atom is -0.382 e. The second-order valence-corrected chi connectivity index (χ2v) is 7.26. The highest BCUT2D eigenvalue weighted by atomic mass is 35.5. The Balaban J connectivity index is 1.69. The molecule has 0 aliphatic carbocycles. The van der Waals surface area contributed by atoms with Gasteiger partial charge in [0.1, 0.15) is 35.0 Å². The number of hydrogen-bond donors (Lipinski definition) is 3. The summed E-state index contributed by atoms with van der Waals surface area (Å²) in [5.74, 6) is 7.11. The third-order valence-electron chi connectivity index (χ3n) is 4.66. The summed E-state index contributed by atoms with van der Waals surface area (Å²) in [4.78, 5) is 32.4. The molecule has 1 aromatic carbocycles. The van der Waals surface area contributed by atoms with Crippen molar-refractivity contribution < 1.29 is 0 Å². The van der Waals surface area contributed by atoms with Crippen LogP contribution in [0.1, 0.15) is 35.6 Å². The van der Waals surface area contributed by atoms with Gasteiger partial charge in [-0.3, -0.25) is 4.79 Å². The molecule has 0 amide bonds. The van der Waals surface area contributed by atoms with Gasteiger partial charge in [0.15, 0.2) is 0 Å². The quantitative estimate of drug-likeness (QED) is 0.425. The first kappa shape index (κ1) is 20.3. The predicted molar refractivity (Wildman–Crippen MR) is 121 cm³/mol. The van der Waals surface area contributed by atoms with E-state index < -0.39 is 6.04 Å². The number of nitrogen functional groups attached to an aromatic ring is 1. The molecule has 4 N–H and O–H groups in total. The number of H-pyrrole nitrogens is 1. The lowest BCUT2D eigenvalue weighted by Gasteiger charge is -2.16. The van der Waals surface area contributed by atoms with Crippen molar-refractivity contribution in [2.75, 3.05) is 11.1 Å². The summed E-state index contributed by atoms with van der Waals surface area (Å²) < 4.78 is 0. The van der Waals surface area contributed by atoms with Crippen molar-refractivity contribution in [3.63, 3.8) is 0 Å². The van der Waals surface area contributed by atoms with Gasteiger partial charge in [-0.1, -0.05) is 29.7 Å². The second kappa shape index (κ2) is 8.42. The monoisotopic (exact) mass is 431 g/mol. The summed E-state index contributed by atoms with van der Waals surface area (Å²) in [6.07, 6.45) is 3.02. The van der Waals surface area contributed by atoms with Crippen LogP contribution in [-0.4, -0.2) is 24.9 Å². The first-order valence-electron chi connectivity index (χ1n) is 9.43. The summed E-state index contributed by atoms with van der Waals surface area (Å²) in [7, 11) is 0. The van der Waals surface area contributed by atoms with Crippen LogP contribution in [0, 0.1) is 18.8 Å². The average molecular weight is 432 g/mol. The maximum Gasteiger partial charge on any atom is 0.260 e. The molecule has 0 radical (unpaired) electrons. The van der Waals surface area contributed by atoms with Gasteiger partial charge in [0.25, 0.3) is 5.56 Å². The number of nitrogens with zero attached hydrogens (tertiary/aromatic N) is 4. The molecule has 3 aromatic heterocycles. The van der Waals surface area contributed by atoms with Crippen LogP contribution in [0.4, 0.5) is 11.6 Å². The van der Waals surface area contributed by atoms with Gasteiger partial charge in [0, 0.05) is 6.20 Å². The van der Waals surface area contributed by atoms with Gasteiger partial charge >= 0.3 is 0 Å². The Bertz CT molecular complexity index is 1400. The van der Waals surface area contributed by atoms with Crippen LogP contribution in [0.3, 0.4) is 0 Å². The summed E-state index contributed by atoms with van der Waals surface area (Å²) >= 11 is 6.13. The van der Waals surface area contributed by atoms with E-state index in [9.17, 15) is 4.79 Å². The Kier molecular flexibility index (Phi) is 5.52. The Morgan fingerprint density at radius 2 is 2.00 bits per heavy atom. The van der Waals surface area contributed by atoms with Gasteiger partial charge in [-0.2, -0.15) is 0 Å². The maximum atomic E-state index is 12.5. The maximum absolute atomic E-state index is 12.5. The minimum absolute atomic E-state index is 0.234. The number of aromatic nitrogens is 5. The van der Waals surface area contributed by atoms with Crippen molar-refractivity contribution in [2.24, 2.45) is 0 Å². The topological polar surface area (TPSA) is 122 Å². The largest absolute Gasteiger partial charge is 0.382 e. The van der Waals surface area contributed by atoms with Gasteiger partial charge in [0.2, 0.25) is 0 Å². The Hall–Kier alpha value is -3.96. The highest BCUT2D eigenvalue weighted by Crippen LogP contribution is 2.23. The number of pyridine rings is 1. The van der Waals surface area contributed by atoms with E-state index in [2.05, 4.69) is 42.1 Å². The van der Waals surface area contributed by atoms with Crippen molar-refractivity contribution in [1.82, 2.24) is 24.9 Å². The lowest BCUT2D eigenvalue weighted by molar-refractivity contribution is 0.784. The molecule has 3 heterocycles. The third kappa shape index (κ3) is 4.17. The van der Waals surface area contributed by atoms with E-state index in [0.717, 1.165) is 5.56 Å². The molecule has 4 aromatic rings. The number of nitrogens with one attached hydrogen (secondary N) is 2. The molecule has 0 aliphatic rings. The molecule has 0 saturated heterocycles. The van der Waals surface area contributed by atoms with Crippen molar-refractivity contribution in [3.8, 4) is 11.8 Å². The molecular formula is C22H18ClN7O. The predicted octanol–water partition coefficient (Wildman–Crippen LogP) is 3.23. The molecule has 9 heteroatoms. The third-order valence-corrected chi connectivity index (χ3v) is 4.97. The standard InChI is InChI=1S/C22H18ClN7O/c1-12-5-4-10-25-16(12)9-8-14-19(24)26-11-27-21(14)28-13(2)20-29-17-7-3-6-15(23)18(17)22(31)30-20/h3-7,10-11,13H,1-2H3,(H,29,30,31)(H3,24,26,27,28). The van der Waals surface area contributed by atoms with E-state index in [-0.39, 0.29) is 11.4 Å². The zero-order valence-electron chi connectivity index (χ0n) is 16.8. The number of rotatable bonds is 3. The molecule has 4 rings (SSSR count). The molecule has 0 saturated carbocycles. The lowest BCUT2D eigenvalue weighted by Crippen LogP contribution is -2.19. The molecule has 0 spiro atoms. The normalized spacial score (nSPS) is 11.6. The number of fused-ring (bicyclic) bond motifs is 1. The first-order chi connectivity index (χ1) is 14.9. The van der Waals surface area contributed by atoms with E-state index in [1.165, 1.54) is 6.33 Å². The summed E-state index contributed by atoms with van der Waals surface area (Å²) in [6.45, 7) is 3.77. The second-order valence-electron chi connectivity index (χ2n) is 6.85. The smallest absolute Gasteiger partial charge is 0.260 e. The van der Waals surface area contributed by atoms with Crippen molar-refractivity contribution in [1.29, 1.82) is 0 Å². The van der Waals surface area contributed by atoms with Gasteiger partial charge in [-0.15, -0.1) is 0 Å². The molecule has 8 nitrogen and oxygen atoms in total. The van der Waals surface area contributed by atoms with Crippen LogP contribution in [0.15, 0.2) is 47.7 Å². The highest BCUT2D eigenvalue weighted by Gasteiger charge is 2.15. The van der Waals surface area contributed by atoms with E-state index in [1.807, 2.05) is 26.0 Å². The number of hydrogen-bond acceptors (Lipinski definition) is 7. The van der Waals surface area contributed by atoms with Crippen molar-refractivity contribution in [2.45, 2.75) is 19.9 Å². The van der Waals surface area contributed by atoms with Crippen LogP contribution in [0.2, 0.25) is 5.02 Å². The molecule has 1 unspecified atom stereocenters. The Morgan fingerprint density at radius 3 is 2.81 bits per heavy atom. The van der Waals surface area contributed by atoms with Gasteiger partial charge in [0.05, 0.1) is 22.0 Å². The Morgan fingerprint density at radius 1 is 1.16 bits per heavy atom. The van der Waals surface area contributed by atoms with E-state index in [0.29, 0.717) is 38.8 Å². The fourth-order valence-electron chi connectivity index (χ4n) is 3.02. The van der Waals surface area contributed by atoms with E-state index >= 15 is 0 Å². The molecule has 31 heavy (non-hydrogen) atoms. The molecule has 154 valence electrons. The minimum atomic E-state index is -0.400. The zero-order chi connectivity index (χ0) is 22.0. The van der Waals surface area contributed by atoms with Crippen LogP contribution >= 0.6 is 11.6 Å². The molecule has 0 aliphatic heterocycles. The fraction of sp³-hybridized carbons (Fsp3) is 0.136. The van der Waals surface area contributed by atoms with E-state index in [4.69, 9.17) is 17.3 Å². The van der Waals surface area contributed by atoms with E-state index in [1.54, 1.807) is 24.4 Å². The number of halogens is 1. The molecule has 1 atom stereocenters. The van der Waals surface area contributed by atoms with Crippen LogP contribution < -0.4 is 16.6 Å². The number of aryl methyl sites for hydroxylation is 1. The van der Waals surface area contributed by atoms with Crippen molar-refractivity contribution in [3.05, 3.63) is 80.9 Å². The Labute approximate surface area is 183 Å². The zero-order valence-corrected chi connectivity index (χ0v) is 17.5. The van der Waals surface area contributed by atoms with Crippen LogP contribution in [0.25, 0.3) is 10.9 Å². The molecule has 0 fully saturated rings. The van der Waals surface area contributed by atoms with Gasteiger partial charge < -0.3 is 16.0 Å². The van der Waals surface area contributed by atoms with Crippen LogP contribution in [-0.2, 0) is 0 Å². The van der Waals surface area contributed by atoms with Gasteiger partial charge in [-0.25, -0.2) is 19.9 Å². The van der Waals surface area contributed by atoms with Gasteiger partial charge in [-0.05, 0) is 43.5 Å². The van der Waals surface area contributed by atoms with Crippen LogP contribution in [0.5, 0.6) is 0 Å². The SMILES string of the molecule is Cc1cccnc1C#Cc1c(N)ncnc1NC(C)c1nc2cccc(Cl)c2c(=O)[nH]1. The van der Waals surface area contributed by atoms with Crippen molar-refractivity contribution >= 4 is 34.1 Å². The number of benzene rings is 1.